The van der Waals surface area contributed by atoms with Gasteiger partial charge in [0.05, 0.1) is 28.4 Å². The third-order valence-corrected chi connectivity index (χ3v) is 5.41. The van der Waals surface area contributed by atoms with Crippen molar-refractivity contribution in [1.29, 1.82) is 0 Å². The van der Waals surface area contributed by atoms with Crippen molar-refractivity contribution < 1.29 is 19.1 Å². The number of ketones is 1. The van der Waals surface area contributed by atoms with Gasteiger partial charge in [-0.25, -0.2) is 14.3 Å². The van der Waals surface area contributed by atoms with Crippen molar-refractivity contribution in [2.24, 2.45) is 0 Å². The van der Waals surface area contributed by atoms with Gasteiger partial charge >= 0.3 is 6.09 Å². The number of benzene rings is 1. The smallest absolute Gasteiger partial charge is 0.407 e. The van der Waals surface area contributed by atoms with Gasteiger partial charge in [0.25, 0.3) is 0 Å². The average molecular weight is 464 g/mol. The van der Waals surface area contributed by atoms with Gasteiger partial charge in [0.2, 0.25) is 11.7 Å². The molecular formula is C23H21N5O4S. The van der Waals surface area contributed by atoms with Crippen LogP contribution in [0.5, 0.6) is 0 Å². The summed E-state index contributed by atoms with van der Waals surface area (Å²) in [7, 11) is 0. The Morgan fingerprint density at radius 3 is 2.76 bits per heavy atom. The molecule has 1 aromatic carbocycles. The van der Waals surface area contributed by atoms with Gasteiger partial charge in [0.15, 0.2) is 5.65 Å². The van der Waals surface area contributed by atoms with E-state index in [1.807, 2.05) is 17.5 Å². The number of hydrogen-bond acceptors (Lipinski definition) is 7. The number of fused-ring (bicyclic) bond motifs is 1. The first-order valence-corrected chi connectivity index (χ1v) is 11.1. The Kier molecular flexibility index (Phi) is 6.45. The van der Waals surface area contributed by atoms with E-state index in [0.717, 1.165) is 5.56 Å². The van der Waals surface area contributed by atoms with E-state index in [0.29, 0.717) is 27.5 Å². The maximum absolute atomic E-state index is 12.8. The number of carbonyl (C=O) groups excluding carboxylic acids is 3. The summed E-state index contributed by atoms with van der Waals surface area (Å²) in [6.45, 7) is 3.23. The molecule has 4 rings (SSSR count). The highest BCUT2D eigenvalue weighted by Gasteiger charge is 2.17. The third kappa shape index (κ3) is 5.24. The van der Waals surface area contributed by atoms with Crippen molar-refractivity contribution in [3.05, 3.63) is 70.7 Å². The van der Waals surface area contributed by atoms with Crippen molar-refractivity contribution >= 4 is 40.5 Å². The molecule has 0 unspecified atom stereocenters. The van der Waals surface area contributed by atoms with Crippen molar-refractivity contribution in [1.82, 2.24) is 19.9 Å². The third-order valence-electron chi connectivity index (χ3n) is 4.54. The van der Waals surface area contributed by atoms with E-state index in [1.165, 1.54) is 17.5 Å². The van der Waals surface area contributed by atoms with Crippen LogP contribution in [0.4, 0.5) is 10.5 Å². The fourth-order valence-electron chi connectivity index (χ4n) is 3.10. The van der Waals surface area contributed by atoms with E-state index in [-0.39, 0.29) is 18.4 Å². The van der Waals surface area contributed by atoms with E-state index in [1.54, 1.807) is 54.9 Å². The first-order chi connectivity index (χ1) is 15.9. The summed E-state index contributed by atoms with van der Waals surface area (Å²) in [5.74, 6) is -0.523. The second kappa shape index (κ2) is 9.61. The van der Waals surface area contributed by atoms with Gasteiger partial charge in [-0.05, 0) is 43.5 Å². The van der Waals surface area contributed by atoms with Gasteiger partial charge in [-0.3, -0.25) is 9.59 Å². The van der Waals surface area contributed by atoms with E-state index < -0.39 is 12.0 Å². The summed E-state index contributed by atoms with van der Waals surface area (Å²) < 4.78 is 6.49. The molecule has 4 aromatic rings. The van der Waals surface area contributed by atoms with Crippen LogP contribution in [0.2, 0.25) is 0 Å². The molecular weight excluding hydrogens is 442 g/mol. The monoisotopic (exact) mass is 463 g/mol. The molecule has 0 saturated heterocycles. The van der Waals surface area contributed by atoms with Crippen LogP contribution in [0.25, 0.3) is 16.9 Å². The molecule has 0 bridgehead atoms. The summed E-state index contributed by atoms with van der Waals surface area (Å²) in [5.41, 5.74) is 2.79. The van der Waals surface area contributed by atoms with E-state index in [9.17, 15) is 14.4 Å². The SMILES string of the molecule is CC(C)OC(=O)NCC(=O)Nc1cccc(-c2ccn3ncc(C(=O)c4cccs4)c3n2)c1. The van der Waals surface area contributed by atoms with Crippen molar-refractivity contribution in [2.75, 3.05) is 11.9 Å². The van der Waals surface area contributed by atoms with E-state index in [4.69, 9.17) is 4.74 Å². The largest absolute Gasteiger partial charge is 0.447 e. The van der Waals surface area contributed by atoms with Gasteiger partial charge < -0.3 is 15.4 Å². The zero-order valence-corrected chi connectivity index (χ0v) is 18.8. The lowest BCUT2D eigenvalue weighted by atomic mass is 10.1. The molecule has 3 heterocycles. The number of nitrogens with zero attached hydrogens (tertiary/aromatic N) is 3. The maximum Gasteiger partial charge on any atom is 0.407 e. The van der Waals surface area contributed by atoms with Crippen LogP contribution in [0.1, 0.15) is 29.1 Å². The van der Waals surface area contributed by atoms with Gasteiger partial charge in [0.1, 0.15) is 6.54 Å². The molecule has 0 saturated carbocycles. The summed E-state index contributed by atoms with van der Waals surface area (Å²) in [5, 5.41) is 11.2. The molecule has 0 radical (unpaired) electrons. The number of nitrogens with one attached hydrogen (secondary N) is 2. The topological polar surface area (TPSA) is 115 Å². The van der Waals surface area contributed by atoms with Gasteiger partial charge in [-0.1, -0.05) is 18.2 Å². The van der Waals surface area contributed by atoms with E-state index in [2.05, 4.69) is 20.7 Å². The summed E-state index contributed by atoms with van der Waals surface area (Å²) in [6.07, 6.45) is 2.33. The maximum atomic E-state index is 12.8. The average Bonchev–Trinajstić information content (AvgIpc) is 3.47. The van der Waals surface area contributed by atoms with Crippen LogP contribution in [-0.4, -0.2) is 45.0 Å². The molecule has 0 atom stereocenters. The van der Waals surface area contributed by atoms with Crippen LogP contribution in [-0.2, 0) is 9.53 Å². The molecule has 0 spiro atoms. The second-order valence-corrected chi connectivity index (χ2v) is 8.33. The van der Waals surface area contributed by atoms with E-state index >= 15 is 0 Å². The van der Waals surface area contributed by atoms with Crippen LogP contribution in [0.3, 0.4) is 0 Å². The lowest BCUT2D eigenvalue weighted by Gasteiger charge is -2.10. The molecule has 0 fully saturated rings. The van der Waals surface area contributed by atoms with Crippen LogP contribution < -0.4 is 10.6 Å². The zero-order chi connectivity index (χ0) is 23.4. The van der Waals surface area contributed by atoms with Crippen molar-refractivity contribution in [3.8, 4) is 11.3 Å². The Balaban J connectivity index is 1.51. The summed E-state index contributed by atoms with van der Waals surface area (Å²) in [6, 6.07) is 12.5. The molecule has 0 aliphatic carbocycles. The van der Waals surface area contributed by atoms with Crippen molar-refractivity contribution in [2.45, 2.75) is 20.0 Å². The highest BCUT2D eigenvalue weighted by molar-refractivity contribution is 7.12. The molecule has 3 aromatic heterocycles. The van der Waals surface area contributed by atoms with Crippen LogP contribution >= 0.6 is 11.3 Å². The molecule has 168 valence electrons. The number of rotatable bonds is 7. The Bertz CT molecular complexity index is 1310. The molecule has 0 aliphatic heterocycles. The molecule has 2 N–H and O–H groups in total. The summed E-state index contributed by atoms with van der Waals surface area (Å²) >= 11 is 1.37. The highest BCUT2D eigenvalue weighted by atomic mass is 32.1. The highest BCUT2D eigenvalue weighted by Crippen LogP contribution is 2.24. The zero-order valence-electron chi connectivity index (χ0n) is 17.9. The number of anilines is 1. The summed E-state index contributed by atoms with van der Waals surface area (Å²) in [4.78, 5) is 41.8. The predicted octanol–water partition coefficient (Wildman–Crippen LogP) is 3.76. The number of amides is 2. The lowest BCUT2D eigenvalue weighted by Crippen LogP contribution is -2.34. The van der Waals surface area contributed by atoms with Crippen molar-refractivity contribution in [3.63, 3.8) is 0 Å². The molecule has 0 aliphatic rings. The normalized spacial score (nSPS) is 10.9. The Morgan fingerprint density at radius 1 is 1.15 bits per heavy atom. The number of alkyl carbamates (subject to hydrolysis) is 1. The number of aromatic nitrogens is 3. The minimum absolute atomic E-state index is 0.130. The number of thiophene rings is 1. The Labute approximate surface area is 193 Å². The first kappa shape index (κ1) is 22.2. The molecule has 10 heteroatoms. The number of ether oxygens (including phenoxy) is 1. The van der Waals surface area contributed by atoms with Gasteiger partial charge in [0, 0.05) is 17.4 Å². The standard InChI is InChI=1S/C23H21N5O4S/c1-14(2)32-23(31)24-13-20(29)26-16-6-3-5-15(11-16)18-8-9-28-22(27-18)17(12-25-28)21(30)19-7-4-10-33-19/h3-12,14H,13H2,1-2H3,(H,24,31)(H,26,29). The number of carbonyl (C=O) groups is 3. The van der Waals surface area contributed by atoms with Gasteiger partial charge in [-0.15, -0.1) is 11.3 Å². The molecule has 33 heavy (non-hydrogen) atoms. The second-order valence-electron chi connectivity index (χ2n) is 7.38. The lowest BCUT2D eigenvalue weighted by molar-refractivity contribution is -0.115. The fraction of sp³-hybridized carbons (Fsp3) is 0.174. The quantitative estimate of drug-likeness (QED) is 0.403. The first-order valence-electron chi connectivity index (χ1n) is 10.2. The van der Waals surface area contributed by atoms with Crippen LogP contribution in [0.15, 0.2) is 60.2 Å². The number of hydrogen-bond donors (Lipinski definition) is 2. The molecule has 2 amide bonds. The van der Waals surface area contributed by atoms with Gasteiger partial charge in [-0.2, -0.15) is 5.10 Å². The fourth-order valence-corrected chi connectivity index (χ4v) is 3.78. The Hall–Kier alpha value is -4.05. The predicted molar refractivity (Wildman–Crippen MR) is 124 cm³/mol. The Morgan fingerprint density at radius 2 is 2.00 bits per heavy atom. The molecule has 9 nitrogen and oxygen atoms in total. The minimum Gasteiger partial charge on any atom is -0.447 e. The minimum atomic E-state index is -0.653. The van der Waals surface area contributed by atoms with Crippen LogP contribution in [0, 0.1) is 0 Å².